The molecule has 7 atom stereocenters. The van der Waals surface area contributed by atoms with Crippen molar-refractivity contribution in [1.29, 1.82) is 0 Å². The first-order chi connectivity index (χ1) is 17.3. The molecule has 6 nitrogen and oxygen atoms in total. The van der Waals surface area contributed by atoms with Gasteiger partial charge in [-0.25, -0.2) is 4.68 Å². The van der Waals surface area contributed by atoms with Gasteiger partial charge < -0.3 is 9.84 Å². The summed E-state index contributed by atoms with van der Waals surface area (Å²) < 4.78 is 7.12. The van der Waals surface area contributed by atoms with Crippen molar-refractivity contribution in [3.05, 3.63) is 18.2 Å². The number of benzene rings is 1. The third-order valence-corrected chi connectivity index (χ3v) is 10.6. The second-order valence-corrected chi connectivity index (χ2v) is 12.6. The van der Waals surface area contributed by atoms with Gasteiger partial charge in [0.2, 0.25) is 0 Å². The smallest absolute Gasteiger partial charge is 0.157 e. The maximum Gasteiger partial charge on any atom is 0.157 e. The van der Waals surface area contributed by atoms with Gasteiger partial charge in [-0.3, -0.25) is 4.79 Å². The number of hydrogen-bond acceptors (Lipinski definition) is 5. The van der Waals surface area contributed by atoms with Crippen molar-refractivity contribution in [2.45, 2.75) is 104 Å². The van der Waals surface area contributed by atoms with Crippen LogP contribution in [-0.4, -0.2) is 38.6 Å². The number of aliphatic hydroxyl groups is 1. The third kappa shape index (κ3) is 4.70. The monoisotopic (exact) mass is 495 g/mol. The van der Waals surface area contributed by atoms with Gasteiger partial charge in [0, 0.05) is 12.0 Å². The number of ketones is 1. The van der Waals surface area contributed by atoms with Gasteiger partial charge in [-0.2, -0.15) is 0 Å². The van der Waals surface area contributed by atoms with Crippen LogP contribution in [0.1, 0.15) is 91.4 Å². The summed E-state index contributed by atoms with van der Waals surface area (Å²) in [7, 11) is 1.65. The zero-order valence-corrected chi connectivity index (χ0v) is 22.7. The number of Topliss-reactive ketones (excluding diaryl/α,β-unsaturated/α-hetero) is 1. The van der Waals surface area contributed by atoms with Crippen LogP contribution < -0.4 is 4.74 Å². The second-order valence-electron chi connectivity index (χ2n) is 12.6. The number of carbonyl (C=O) groups is 1. The van der Waals surface area contributed by atoms with Crippen molar-refractivity contribution in [3.63, 3.8) is 0 Å². The van der Waals surface area contributed by atoms with E-state index in [0.29, 0.717) is 23.0 Å². The van der Waals surface area contributed by atoms with Crippen molar-refractivity contribution in [2.24, 2.45) is 35.0 Å². The lowest BCUT2D eigenvalue weighted by atomic mass is 9.47. The lowest BCUT2D eigenvalue weighted by Gasteiger charge is -2.59. The predicted molar refractivity (Wildman–Crippen MR) is 142 cm³/mol. The predicted octanol–water partition coefficient (Wildman–Crippen LogP) is 6.20. The molecule has 1 aromatic heterocycles. The molecular formula is C30H45N3O3. The number of rotatable bonds is 5. The first-order valence-electron chi connectivity index (χ1n) is 14.4. The van der Waals surface area contributed by atoms with Crippen molar-refractivity contribution >= 4 is 16.8 Å². The third-order valence-electron chi connectivity index (χ3n) is 10.6. The molecule has 198 valence electrons. The first kappa shape index (κ1) is 25.7. The van der Waals surface area contributed by atoms with Crippen LogP contribution in [0.3, 0.4) is 0 Å². The van der Waals surface area contributed by atoms with Crippen molar-refractivity contribution in [1.82, 2.24) is 15.0 Å². The molecule has 0 amide bonds. The molecule has 0 unspecified atom stereocenters. The van der Waals surface area contributed by atoms with E-state index in [1.54, 1.807) is 11.8 Å². The zero-order valence-electron chi connectivity index (χ0n) is 22.7. The summed E-state index contributed by atoms with van der Waals surface area (Å²) in [5.41, 5.74) is 1.53. The molecule has 0 radical (unpaired) electrons. The molecule has 1 heterocycles. The Morgan fingerprint density at radius 1 is 1.17 bits per heavy atom. The molecule has 6 heteroatoms. The van der Waals surface area contributed by atoms with E-state index in [1.165, 1.54) is 32.1 Å². The Hall–Kier alpha value is -1.95. The van der Waals surface area contributed by atoms with Crippen molar-refractivity contribution in [3.8, 4) is 5.75 Å². The molecule has 5 rings (SSSR count). The minimum Gasteiger partial charge on any atom is -0.497 e. The highest BCUT2D eigenvalue weighted by molar-refractivity contribution is 5.83. The fourth-order valence-electron chi connectivity index (χ4n) is 8.55. The standard InChI is InChI=1S/C30H45N3O3/c1-5-30-16-15-29(3,35)18-22(30)11-13-24-20(2)9-10-21(7-6-8-25(24)30)28(34)19-33-27-17-23(36-4)12-14-26(27)31-32-33/h12,14,17,20-22,24-25,35H,5-11,13,15-16,18-19H2,1-4H3/t20-,21+,22+,24-,25-,29+,30-/m0/s1. The Morgan fingerprint density at radius 2 is 2.00 bits per heavy atom. The summed E-state index contributed by atoms with van der Waals surface area (Å²) in [5, 5.41) is 19.4. The minimum absolute atomic E-state index is 0.0953. The fraction of sp³-hybridized carbons (Fsp3) is 0.767. The van der Waals surface area contributed by atoms with Gasteiger partial charge in [0.15, 0.2) is 5.78 Å². The highest BCUT2D eigenvalue weighted by Crippen LogP contribution is 2.62. The molecule has 0 bridgehead atoms. The highest BCUT2D eigenvalue weighted by atomic mass is 16.5. The van der Waals surface area contributed by atoms with Crippen molar-refractivity contribution in [2.75, 3.05) is 7.11 Å². The van der Waals surface area contributed by atoms with Crippen LogP contribution in [0.2, 0.25) is 0 Å². The summed E-state index contributed by atoms with van der Waals surface area (Å²) in [6, 6.07) is 5.69. The number of aromatic nitrogens is 3. The van der Waals surface area contributed by atoms with Crippen LogP contribution in [0.15, 0.2) is 18.2 Å². The SMILES string of the molecule is CC[C@]12CC[C@@](C)(O)C[C@H]1CC[C@H]1[C@@H](C)CC[C@H](C(=O)Cn3nnc4ccc(OC)cc43)CCC[C@@H]12. The maximum atomic E-state index is 13.5. The number of nitrogens with zero attached hydrogens (tertiary/aromatic N) is 3. The fourth-order valence-corrected chi connectivity index (χ4v) is 8.55. The maximum absolute atomic E-state index is 13.5. The number of fused-ring (bicyclic) bond motifs is 4. The van der Waals surface area contributed by atoms with Crippen LogP contribution in [0.25, 0.3) is 11.0 Å². The quantitative estimate of drug-likeness (QED) is 0.534. The minimum atomic E-state index is -0.493. The van der Waals surface area contributed by atoms with Gasteiger partial charge in [0.1, 0.15) is 17.8 Å². The molecule has 3 aliphatic rings. The summed E-state index contributed by atoms with van der Waals surface area (Å²) in [5.74, 6) is 3.92. The van der Waals surface area contributed by atoms with E-state index < -0.39 is 5.60 Å². The molecule has 3 fully saturated rings. The molecule has 0 saturated heterocycles. The van der Waals surface area contributed by atoms with E-state index in [1.807, 2.05) is 18.2 Å². The number of carbonyl (C=O) groups excluding carboxylic acids is 1. The summed E-state index contributed by atoms with van der Waals surface area (Å²) in [4.78, 5) is 13.5. The van der Waals surface area contributed by atoms with Gasteiger partial charge >= 0.3 is 0 Å². The lowest BCUT2D eigenvalue weighted by Crippen LogP contribution is -2.53. The lowest BCUT2D eigenvalue weighted by molar-refractivity contribution is -0.128. The molecule has 0 spiro atoms. The summed E-state index contributed by atoms with van der Waals surface area (Å²) in [6.45, 7) is 7.18. The molecule has 1 aromatic carbocycles. The Labute approximate surface area is 216 Å². The van der Waals surface area contributed by atoms with Crippen LogP contribution in [0.5, 0.6) is 5.75 Å². The normalized spacial score (nSPS) is 37.3. The van der Waals surface area contributed by atoms with E-state index in [-0.39, 0.29) is 12.5 Å². The van der Waals surface area contributed by atoms with Crippen LogP contribution in [0, 0.1) is 35.0 Å². The molecular weight excluding hydrogens is 450 g/mol. The topological polar surface area (TPSA) is 77.2 Å². The largest absolute Gasteiger partial charge is 0.497 e. The Morgan fingerprint density at radius 3 is 2.78 bits per heavy atom. The van der Waals surface area contributed by atoms with E-state index in [2.05, 4.69) is 31.1 Å². The molecule has 36 heavy (non-hydrogen) atoms. The van der Waals surface area contributed by atoms with Gasteiger partial charge in [-0.05, 0) is 112 Å². The average molecular weight is 496 g/mol. The number of hydrogen-bond donors (Lipinski definition) is 1. The molecule has 2 aromatic rings. The van der Waals surface area contributed by atoms with E-state index in [9.17, 15) is 9.90 Å². The van der Waals surface area contributed by atoms with Gasteiger partial charge in [0.05, 0.1) is 18.2 Å². The van der Waals surface area contributed by atoms with Crippen LogP contribution in [-0.2, 0) is 11.3 Å². The Bertz CT molecular complexity index is 1080. The van der Waals surface area contributed by atoms with Gasteiger partial charge in [-0.1, -0.05) is 25.5 Å². The highest BCUT2D eigenvalue weighted by Gasteiger charge is 2.54. The number of methoxy groups -OCH3 is 1. The molecule has 3 aliphatic carbocycles. The molecule has 3 saturated carbocycles. The zero-order chi connectivity index (χ0) is 25.5. The van der Waals surface area contributed by atoms with E-state index >= 15 is 0 Å². The van der Waals surface area contributed by atoms with Crippen LogP contribution in [0.4, 0.5) is 0 Å². The first-order valence-corrected chi connectivity index (χ1v) is 14.4. The summed E-state index contributed by atoms with van der Waals surface area (Å²) >= 11 is 0. The Kier molecular flexibility index (Phi) is 7.19. The van der Waals surface area contributed by atoms with Gasteiger partial charge in [-0.15, -0.1) is 5.10 Å². The second kappa shape index (κ2) is 10.1. The molecule has 0 aliphatic heterocycles. The molecule has 1 N–H and O–H groups in total. The summed E-state index contributed by atoms with van der Waals surface area (Å²) in [6.07, 6.45) is 12.3. The average Bonchev–Trinajstić information content (AvgIpc) is 3.29. The van der Waals surface area contributed by atoms with E-state index in [4.69, 9.17) is 4.74 Å². The van der Waals surface area contributed by atoms with Crippen LogP contribution >= 0.6 is 0 Å². The Balaban J connectivity index is 1.31. The number of ether oxygens (including phenoxy) is 1. The van der Waals surface area contributed by atoms with E-state index in [0.717, 1.165) is 67.1 Å². The van der Waals surface area contributed by atoms with Crippen molar-refractivity contribution < 1.29 is 14.6 Å². The van der Waals surface area contributed by atoms with Gasteiger partial charge in [0.25, 0.3) is 0 Å².